The fraction of sp³-hybridized carbons (Fsp3) is 0.375. The minimum Gasteiger partial charge on any atom is -0.322 e. The van der Waals surface area contributed by atoms with Crippen LogP contribution in [0, 0.1) is 0 Å². The number of nitrogens with zero attached hydrogens (tertiary/aromatic N) is 3. The molecule has 1 amide bonds. The van der Waals surface area contributed by atoms with Crippen molar-refractivity contribution in [2.45, 2.75) is 48.8 Å². The molecule has 172 valence electrons. The van der Waals surface area contributed by atoms with E-state index in [-0.39, 0.29) is 22.7 Å². The number of aromatic nitrogens is 3. The maximum atomic E-state index is 13.0. The Kier molecular flexibility index (Phi) is 6.25. The zero-order valence-corrected chi connectivity index (χ0v) is 19.9. The minimum atomic E-state index is -2.96. The predicted octanol–water partition coefficient (Wildman–Crippen LogP) is 4.20. The van der Waals surface area contributed by atoms with Gasteiger partial charge in [-0.25, -0.2) is 8.42 Å². The summed E-state index contributed by atoms with van der Waals surface area (Å²) in [4.78, 5) is 13.8. The number of aryl methyl sites for hydroxylation is 1. The van der Waals surface area contributed by atoms with Crippen LogP contribution in [0.1, 0.15) is 41.9 Å². The van der Waals surface area contributed by atoms with Gasteiger partial charge in [0.1, 0.15) is 5.82 Å². The third-order valence-electron chi connectivity index (χ3n) is 6.13. The molecule has 0 aliphatic carbocycles. The summed E-state index contributed by atoms with van der Waals surface area (Å²) in [7, 11) is -2.96. The molecule has 1 aromatic heterocycles. The van der Waals surface area contributed by atoms with Crippen molar-refractivity contribution in [3.05, 3.63) is 59.9 Å². The van der Waals surface area contributed by atoms with Crippen LogP contribution in [0.15, 0.2) is 53.4 Å². The van der Waals surface area contributed by atoms with Gasteiger partial charge in [-0.05, 0) is 55.7 Å². The second-order valence-electron chi connectivity index (χ2n) is 8.57. The van der Waals surface area contributed by atoms with Crippen LogP contribution in [0.5, 0.6) is 0 Å². The maximum absolute atomic E-state index is 13.0. The molecular formula is C24H26N4O3S2. The number of thioether (sulfide) groups is 1. The molecule has 0 unspecified atom stereocenters. The van der Waals surface area contributed by atoms with Crippen LogP contribution in [-0.4, -0.2) is 45.8 Å². The highest BCUT2D eigenvalue weighted by atomic mass is 32.2. The maximum Gasteiger partial charge on any atom is 0.256 e. The fourth-order valence-corrected chi connectivity index (χ4v) is 8.02. The Morgan fingerprint density at radius 2 is 1.85 bits per heavy atom. The number of amides is 1. The number of hydrogen-bond acceptors (Lipinski definition) is 6. The van der Waals surface area contributed by atoms with Gasteiger partial charge in [0.2, 0.25) is 0 Å². The molecular weight excluding hydrogens is 456 g/mol. The molecule has 1 atom stereocenters. The van der Waals surface area contributed by atoms with Crippen LogP contribution < -0.4 is 5.32 Å². The summed E-state index contributed by atoms with van der Waals surface area (Å²) < 4.78 is 25.8. The van der Waals surface area contributed by atoms with Gasteiger partial charge in [0, 0.05) is 34.4 Å². The Morgan fingerprint density at radius 1 is 1.03 bits per heavy atom. The van der Waals surface area contributed by atoms with E-state index in [9.17, 15) is 13.2 Å². The van der Waals surface area contributed by atoms with E-state index in [1.165, 1.54) is 18.2 Å². The molecule has 0 bridgehead atoms. The molecule has 1 N–H and O–H groups in total. The normalized spacial score (nSPS) is 19.6. The van der Waals surface area contributed by atoms with E-state index < -0.39 is 9.84 Å². The average Bonchev–Trinajstić information content (AvgIpc) is 3.27. The number of nitrogens with one attached hydrogen (secondary N) is 1. The standard InChI is InChI=1S/C24H26N4O3S2/c29-24(20-6-3-4-7-21(20)32-19-13-15-33(30,31)16-19)25-18-11-9-17(10-12-18)23-27-26-22-8-2-1-5-14-28(22)23/h3-4,6-7,9-12,19H,1-2,5,8,13-16H2,(H,25,29)/t19-/m0/s1. The topological polar surface area (TPSA) is 93.9 Å². The van der Waals surface area contributed by atoms with Gasteiger partial charge in [-0.1, -0.05) is 18.6 Å². The molecule has 3 aromatic rings. The number of carbonyl (C=O) groups is 1. The molecule has 0 saturated carbocycles. The van der Waals surface area contributed by atoms with Gasteiger partial charge < -0.3 is 9.88 Å². The molecule has 0 spiro atoms. The third kappa shape index (κ3) is 4.99. The zero-order chi connectivity index (χ0) is 22.8. The first-order chi connectivity index (χ1) is 16.0. The second kappa shape index (κ2) is 9.30. The van der Waals surface area contributed by atoms with Crippen LogP contribution in [-0.2, 0) is 22.8 Å². The molecule has 33 heavy (non-hydrogen) atoms. The Labute approximate surface area is 197 Å². The monoisotopic (exact) mass is 482 g/mol. The Hall–Kier alpha value is -2.65. The van der Waals surface area contributed by atoms with Crippen molar-refractivity contribution >= 4 is 33.2 Å². The Bertz CT molecular complexity index is 1270. The summed E-state index contributed by atoms with van der Waals surface area (Å²) in [5.41, 5.74) is 2.23. The van der Waals surface area contributed by atoms with E-state index >= 15 is 0 Å². The van der Waals surface area contributed by atoms with E-state index in [1.807, 2.05) is 42.5 Å². The zero-order valence-electron chi connectivity index (χ0n) is 18.2. The van der Waals surface area contributed by atoms with Crippen LogP contribution >= 0.6 is 11.8 Å². The minimum absolute atomic E-state index is 0.0125. The van der Waals surface area contributed by atoms with Crippen molar-refractivity contribution < 1.29 is 13.2 Å². The highest BCUT2D eigenvalue weighted by Crippen LogP contribution is 2.33. The molecule has 5 rings (SSSR count). The summed E-state index contributed by atoms with van der Waals surface area (Å²) >= 11 is 1.48. The van der Waals surface area contributed by atoms with Crippen molar-refractivity contribution in [3.63, 3.8) is 0 Å². The van der Waals surface area contributed by atoms with Crippen LogP contribution in [0.3, 0.4) is 0 Å². The van der Waals surface area contributed by atoms with Gasteiger partial charge in [0.25, 0.3) is 5.91 Å². The summed E-state index contributed by atoms with van der Waals surface area (Å²) in [6.45, 7) is 0.937. The molecule has 2 aromatic carbocycles. The highest BCUT2D eigenvalue weighted by molar-refractivity contribution is 8.02. The lowest BCUT2D eigenvalue weighted by Crippen LogP contribution is -2.14. The predicted molar refractivity (Wildman–Crippen MR) is 130 cm³/mol. The largest absolute Gasteiger partial charge is 0.322 e. The van der Waals surface area contributed by atoms with Crippen LogP contribution in [0.4, 0.5) is 5.69 Å². The SMILES string of the molecule is O=C(Nc1ccc(-c2nnc3n2CCCCC3)cc1)c1ccccc1S[C@H]1CCS(=O)(=O)C1. The summed E-state index contributed by atoms with van der Waals surface area (Å²) in [5, 5.41) is 11.7. The lowest BCUT2D eigenvalue weighted by molar-refractivity contribution is 0.102. The van der Waals surface area contributed by atoms with Crippen molar-refractivity contribution in [2.75, 3.05) is 16.8 Å². The van der Waals surface area contributed by atoms with Gasteiger partial charge in [0.05, 0.1) is 17.1 Å². The Morgan fingerprint density at radius 3 is 2.64 bits per heavy atom. The van der Waals surface area contributed by atoms with Crippen molar-refractivity contribution in [1.29, 1.82) is 0 Å². The number of carbonyl (C=O) groups excluding carboxylic acids is 1. The first kappa shape index (κ1) is 22.2. The lowest BCUT2D eigenvalue weighted by atomic mass is 10.1. The van der Waals surface area contributed by atoms with Gasteiger partial charge in [0.15, 0.2) is 15.7 Å². The number of benzene rings is 2. The molecule has 2 aliphatic rings. The van der Waals surface area contributed by atoms with Crippen molar-refractivity contribution in [3.8, 4) is 11.4 Å². The van der Waals surface area contributed by atoms with E-state index in [0.29, 0.717) is 17.7 Å². The quantitative estimate of drug-likeness (QED) is 0.586. The van der Waals surface area contributed by atoms with Gasteiger partial charge in [-0.3, -0.25) is 4.79 Å². The van der Waals surface area contributed by atoms with Gasteiger partial charge >= 0.3 is 0 Å². The lowest BCUT2D eigenvalue weighted by Gasteiger charge is -2.13. The van der Waals surface area contributed by atoms with E-state index in [2.05, 4.69) is 20.1 Å². The first-order valence-electron chi connectivity index (χ1n) is 11.3. The summed E-state index contributed by atoms with van der Waals surface area (Å²) in [6.07, 6.45) is 5.09. The molecule has 1 fully saturated rings. The summed E-state index contributed by atoms with van der Waals surface area (Å²) in [5.74, 6) is 2.10. The Balaban J connectivity index is 1.30. The number of rotatable bonds is 5. The molecule has 0 radical (unpaired) electrons. The molecule has 2 aliphatic heterocycles. The summed E-state index contributed by atoms with van der Waals surface area (Å²) in [6, 6.07) is 15.0. The fourth-order valence-electron chi connectivity index (χ4n) is 4.39. The second-order valence-corrected chi connectivity index (χ2v) is 12.1. The van der Waals surface area contributed by atoms with Gasteiger partial charge in [-0.15, -0.1) is 22.0 Å². The van der Waals surface area contributed by atoms with E-state index in [0.717, 1.165) is 47.9 Å². The molecule has 3 heterocycles. The van der Waals surface area contributed by atoms with Crippen LogP contribution in [0.25, 0.3) is 11.4 Å². The average molecular weight is 483 g/mol. The number of sulfone groups is 1. The smallest absolute Gasteiger partial charge is 0.256 e. The molecule has 7 nitrogen and oxygen atoms in total. The van der Waals surface area contributed by atoms with Gasteiger partial charge in [-0.2, -0.15) is 0 Å². The van der Waals surface area contributed by atoms with E-state index in [1.54, 1.807) is 6.07 Å². The molecule has 9 heteroatoms. The van der Waals surface area contributed by atoms with Crippen LogP contribution in [0.2, 0.25) is 0 Å². The number of hydrogen-bond donors (Lipinski definition) is 1. The first-order valence-corrected chi connectivity index (χ1v) is 14.0. The third-order valence-corrected chi connectivity index (χ3v) is 9.45. The highest BCUT2D eigenvalue weighted by Gasteiger charge is 2.29. The van der Waals surface area contributed by atoms with Crippen molar-refractivity contribution in [2.24, 2.45) is 0 Å². The number of fused-ring (bicyclic) bond motifs is 1. The number of anilines is 1. The van der Waals surface area contributed by atoms with Crippen molar-refractivity contribution in [1.82, 2.24) is 14.8 Å². The van der Waals surface area contributed by atoms with E-state index in [4.69, 9.17) is 0 Å². The molecule has 1 saturated heterocycles.